The lowest BCUT2D eigenvalue weighted by Crippen LogP contribution is -2.33. The van der Waals surface area contributed by atoms with Crippen molar-refractivity contribution in [3.05, 3.63) is 308 Å². The molecule has 0 atom stereocenters. The Morgan fingerprint density at radius 3 is 0.883 bits per heavy atom. The van der Waals surface area contributed by atoms with Gasteiger partial charge < -0.3 is 0 Å². The van der Waals surface area contributed by atoms with E-state index in [1.807, 2.05) is 125 Å². The average Bonchev–Trinajstić information content (AvgIpc) is 0.764. The topological polar surface area (TPSA) is 15.5 Å². The molecule has 0 saturated carbocycles. The minimum Gasteiger partial charge on any atom is -0.201 e. The van der Waals surface area contributed by atoms with Gasteiger partial charge in [-0.25, -0.2) is 18.3 Å². The molecule has 0 bridgehead atoms. The minimum atomic E-state index is -2.35. The fourth-order valence-electron chi connectivity index (χ4n) is 14.5. The van der Waals surface area contributed by atoms with Gasteiger partial charge in [-0.05, 0) is 241 Å². The second-order valence-corrected chi connectivity index (χ2v) is 30.4. The van der Waals surface area contributed by atoms with Crippen molar-refractivity contribution in [1.29, 1.82) is 0 Å². The molecule has 8 aromatic carbocycles. The van der Waals surface area contributed by atoms with Gasteiger partial charge in [0.2, 0.25) is 22.8 Å². The Bertz CT molecular complexity index is 5440. The first-order valence-corrected chi connectivity index (χ1v) is 36.3. The number of hydrogen-bond donors (Lipinski definition) is 0. The van der Waals surface area contributed by atoms with E-state index < -0.39 is 32.3 Å². The quantitative estimate of drug-likeness (QED) is 0.108. The molecule has 0 amide bonds. The van der Waals surface area contributed by atoms with Gasteiger partial charge in [0.25, 0.3) is 0 Å². The predicted molar refractivity (Wildman–Crippen MR) is 441 cm³/mol. The van der Waals surface area contributed by atoms with E-state index in [9.17, 15) is 0 Å². The second-order valence-electron chi connectivity index (χ2n) is 30.4. The maximum atomic E-state index is 8.54. The summed E-state index contributed by atoms with van der Waals surface area (Å²) >= 11 is 0. The summed E-state index contributed by atoms with van der Waals surface area (Å²) in [5, 5.41) is 0. The molecule has 103 heavy (non-hydrogen) atoms. The summed E-state index contributed by atoms with van der Waals surface area (Å²) in [6, 6.07) is 65.7. The maximum absolute atomic E-state index is 8.54. The summed E-state index contributed by atoms with van der Waals surface area (Å²) in [7, 11) is 8.07. The number of rotatable bonds is 12. The molecule has 4 aromatic heterocycles. The van der Waals surface area contributed by atoms with E-state index >= 15 is 0 Å². The van der Waals surface area contributed by atoms with Crippen LogP contribution in [0.2, 0.25) is 0 Å². The molecule has 0 fully saturated rings. The third-order valence-corrected chi connectivity index (χ3v) is 20.0. The van der Waals surface area contributed by atoms with E-state index in [0.29, 0.717) is 28.5 Å². The molecule has 0 aliphatic rings. The summed E-state index contributed by atoms with van der Waals surface area (Å²) in [6.07, 6.45) is 8.17. The smallest absolute Gasteiger partial charge is 0.201 e. The van der Waals surface area contributed by atoms with Gasteiger partial charge in [-0.2, -0.15) is 0 Å². The Labute approximate surface area is 637 Å². The van der Waals surface area contributed by atoms with Crippen LogP contribution in [-0.2, 0) is 33.6 Å². The molecule has 4 heteroatoms. The molecule has 0 spiro atoms. The number of hydrogen-bond acceptors (Lipinski definition) is 0. The van der Waals surface area contributed by atoms with Crippen LogP contribution in [0.5, 0.6) is 0 Å². The summed E-state index contributed by atoms with van der Waals surface area (Å²) in [5.41, 5.74) is 32.9. The van der Waals surface area contributed by atoms with Crippen LogP contribution >= 0.6 is 0 Å². The largest absolute Gasteiger partial charge is 0.212 e. The first-order valence-electron chi connectivity index (χ1n) is 41.8. The van der Waals surface area contributed by atoms with Crippen molar-refractivity contribution in [3.63, 3.8) is 0 Å². The van der Waals surface area contributed by atoms with Crippen LogP contribution in [-0.4, -0.2) is 0 Å². The van der Waals surface area contributed by atoms with Gasteiger partial charge in [0.05, 0.1) is 0 Å². The molecule has 530 valence electrons. The number of aromatic nitrogens is 4. The number of benzene rings is 8. The van der Waals surface area contributed by atoms with Gasteiger partial charge in [-0.1, -0.05) is 222 Å². The molecule has 12 rings (SSSR count). The van der Waals surface area contributed by atoms with Gasteiger partial charge in [0, 0.05) is 83.9 Å². The van der Waals surface area contributed by atoms with E-state index in [-0.39, 0.29) is 16.5 Å². The highest BCUT2D eigenvalue weighted by atomic mass is 14.9. The average molecular weight is 1380 g/mol. The fraction of sp³-hybridized carbons (Fsp3) is 0.313. The Morgan fingerprint density at radius 1 is 0.272 bits per heavy atom. The Morgan fingerprint density at radius 2 is 0.553 bits per heavy atom. The molecular formula is C99H118N4+4. The van der Waals surface area contributed by atoms with E-state index in [1.54, 1.807) is 49.9 Å². The number of aryl methyl sites for hydroxylation is 15. The second kappa shape index (κ2) is 33.2. The minimum absolute atomic E-state index is 0.133. The van der Waals surface area contributed by atoms with Gasteiger partial charge in [0.1, 0.15) is 28.2 Å². The van der Waals surface area contributed by atoms with Gasteiger partial charge in [-0.3, -0.25) is 0 Å². The first kappa shape index (κ1) is 63.1. The van der Waals surface area contributed by atoms with E-state index in [4.69, 9.17) is 15.1 Å². The Hall–Kier alpha value is -9.64. The molecule has 4 heterocycles. The molecule has 0 radical (unpaired) electrons. The molecule has 0 saturated heterocycles. The van der Waals surface area contributed by atoms with E-state index in [2.05, 4.69) is 222 Å². The van der Waals surface area contributed by atoms with Crippen LogP contribution in [0.4, 0.5) is 0 Å². The zero-order chi connectivity index (χ0) is 84.4. The lowest BCUT2D eigenvalue weighted by atomic mass is 9.83. The van der Waals surface area contributed by atoms with Crippen molar-refractivity contribution in [1.82, 2.24) is 0 Å². The van der Waals surface area contributed by atoms with Crippen LogP contribution < -0.4 is 18.3 Å². The van der Waals surface area contributed by atoms with Crippen molar-refractivity contribution in [2.75, 3.05) is 0 Å². The van der Waals surface area contributed by atoms with Crippen LogP contribution in [0.1, 0.15) is 204 Å². The first-order chi connectivity index (χ1) is 53.0. The summed E-state index contributed by atoms with van der Waals surface area (Å²) in [6.45, 7) is 33.2. The summed E-state index contributed by atoms with van der Waals surface area (Å²) in [4.78, 5) is 0. The van der Waals surface area contributed by atoms with Gasteiger partial charge in [-0.15, -0.1) is 0 Å². The highest BCUT2D eigenvalue weighted by molar-refractivity contribution is 5.80. The normalized spacial score (nSPS) is 13.5. The standard InChI is InChI=1S/C26H32N.C25H30N.2C24H28N/c1-17(2)22-15-26(27(7)16-25(22)18(3)4)24-14-23(19(5)13-20(24)6)21-11-9-8-10-12-21;1-17-13-18(2)22(14-21(17)20-11-9-8-10-12-20)24-15-23(25(4,5)6)19(3)16-26(24)7;1-16(2)21-14-24(25(6)15-19(21)5)23-13-22(17(3)12-18(23)4)20-10-8-7-9-11-20;1-16(2)23-15-25(6)24(13-19(23)5)22-14-21(17(3)12-18(22)4)20-10-8-7-9-11-20/h8-18H,1-7H3;8-16H,1-7H3;2*7-16H,1-6H3/q4*+1/i;;3D3,5D3,16D;3D3,16D. The van der Waals surface area contributed by atoms with Crippen molar-refractivity contribution in [2.45, 2.75) is 181 Å². The highest BCUT2D eigenvalue weighted by Gasteiger charge is 2.27. The monoisotopic (exact) mass is 1370 g/mol. The number of nitrogens with zero attached hydrogens (tertiary/aromatic N) is 4. The van der Waals surface area contributed by atoms with Gasteiger partial charge >= 0.3 is 0 Å². The lowest BCUT2D eigenvalue weighted by molar-refractivity contribution is -0.661. The van der Waals surface area contributed by atoms with Crippen molar-refractivity contribution < 1.29 is 33.3 Å². The zero-order valence-electron chi connectivity index (χ0n) is 76.7. The Kier molecular flexibility index (Phi) is 20.3. The van der Waals surface area contributed by atoms with Crippen LogP contribution in [0.25, 0.3) is 89.5 Å². The SMILES string of the molecule is Cc1cc(C)c(-c2cc(C(C)(C)C)c(C)c[n+]2C)cc1-c1ccccc1.Cc1cc(C)c(-c2cc(C(C)C)c(C(C)C)c[n+]2C)cc1-c1ccccc1.[2H]C([2H])([2H])c1cc(C)c(-c2cc(C([2H])(C)C)c(C([2H])([2H])[2H])c[n+]2C)cc1-c1ccccc1.[2H]C([2H])([2H])c1cc(C)c(-c2cc(C)c(C([2H])(C)C)c[n+]2C)cc1-c1ccccc1. The van der Waals surface area contributed by atoms with Crippen LogP contribution in [0.3, 0.4) is 0 Å². The maximum Gasteiger partial charge on any atom is 0.212 e. The van der Waals surface area contributed by atoms with Crippen LogP contribution in [0, 0.1) is 75.9 Å². The summed E-state index contributed by atoms with van der Waals surface area (Å²) < 4.78 is 97.2. The summed E-state index contributed by atoms with van der Waals surface area (Å²) in [5.74, 6) is -0.763. The highest BCUT2D eigenvalue weighted by Crippen LogP contribution is 2.39. The Balaban J connectivity index is 0.000000175. The molecule has 0 unspecified atom stereocenters. The van der Waals surface area contributed by atoms with Crippen molar-refractivity contribution >= 4 is 0 Å². The molecule has 0 aliphatic carbocycles. The predicted octanol–water partition coefficient (Wildman–Crippen LogP) is 24.6. The molecule has 0 aliphatic heterocycles. The van der Waals surface area contributed by atoms with Gasteiger partial charge in [0.15, 0.2) is 24.8 Å². The fourth-order valence-corrected chi connectivity index (χ4v) is 14.5. The third kappa shape index (κ3) is 18.1. The molecule has 4 nitrogen and oxygen atoms in total. The molecule has 0 N–H and O–H groups in total. The number of pyridine rings is 4. The third-order valence-electron chi connectivity index (χ3n) is 20.0. The van der Waals surface area contributed by atoms with Crippen molar-refractivity contribution in [2.24, 2.45) is 28.2 Å². The van der Waals surface area contributed by atoms with Crippen LogP contribution in [0.15, 0.2) is 219 Å². The van der Waals surface area contributed by atoms with Crippen molar-refractivity contribution in [3.8, 4) is 89.5 Å². The van der Waals surface area contributed by atoms with E-state index in [1.165, 1.54) is 89.3 Å². The molecule has 12 aromatic rings. The molecular weight excluding hydrogens is 1250 g/mol. The lowest BCUT2D eigenvalue weighted by Gasteiger charge is -2.22. The van der Waals surface area contributed by atoms with E-state index in [0.717, 1.165) is 61.5 Å². The zero-order valence-corrected chi connectivity index (χ0v) is 65.7.